The highest BCUT2D eigenvalue weighted by atomic mass is 16.5. The van der Waals surface area contributed by atoms with E-state index in [4.69, 9.17) is 4.74 Å². The molecule has 0 fully saturated rings. The van der Waals surface area contributed by atoms with Crippen molar-refractivity contribution >= 4 is 17.5 Å². The largest absolute Gasteiger partial charge is 0.495 e. The minimum Gasteiger partial charge on any atom is -0.495 e. The van der Waals surface area contributed by atoms with Gasteiger partial charge in [-0.2, -0.15) is 0 Å². The normalized spacial score (nSPS) is 13.2. The third-order valence-electron chi connectivity index (χ3n) is 4.21. The first-order valence-corrected chi connectivity index (χ1v) is 8.22. The molecule has 1 aromatic heterocycles. The summed E-state index contributed by atoms with van der Waals surface area (Å²) in [5.74, 6) is 2.27. The Kier molecular flexibility index (Phi) is 4.74. The number of amides is 2. The Labute approximate surface area is 147 Å². The molecule has 0 unspecified atom stereocenters. The molecule has 0 aliphatic carbocycles. The van der Waals surface area contributed by atoms with E-state index in [1.165, 1.54) is 0 Å². The summed E-state index contributed by atoms with van der Waals surface area (Å²) in [5, 5.41) is 2.93. The highest BCUT2D eigenvalue weighted by molar-refractivity contribution is 5.91. The predicted octanol–water partition coefficient (Wildman–Crippen LogP) is 2.45. The quantitative estimate of drug-likeness (QED) is 0.928. The lowest BCUT2D eigenvalue weighted by molar-refractivity contribution is 0.205. The molecule has 1 aliphatic rings. The first kappa shape index (κ1) is 17.0. The van der Waals surface area contributed by atoms with E-state index in [1.54, 1.807) is 12.0 Å². The molecule has 2 heterocycles. The maximum atomic E-state index is 12.7. The topological polar surface area (TPSA) is 70.6 Å². The number of hydrogen-bond acceptors (Lipinski definition) is 5. The Morgan fingerprint density at radius 2 is 2.04 bits per heavy atom. The van der Waals surface area contributed by atoms with Crippen molar-refractivity contribution in [3.63, 3.8) is 0 Å². The lowest BCUT2D eigenvalue weighted by Crippen LogP contribution is -2.40. The zero-order valence-corrected chi connectivity index (χ0v) is 15.0. The molecule has 3 rings (SSSR count). The molecule has 132 valence electrons. The fraction of sp³-hybridized carbons (Fsp3) is 0.389. The van der Waals surface area contributed by atoms with Crippen LogP contribution in [-0.2, 0) is 13.0 Å². The molecule has 2 amide bonds. The molecule has 2 aromatic rings. The van der Waals surface area contributed by atoms with Gasteiger partial charge in [0.2, 0.25) is 0 Å². The van der Waals surface area contributed by atoms with Crippen molar-refractivity contribution in [1.29, 1.82) is 0 Å². The van der Waals surface area contributed by atoms with Crippen LogP contribution in [0.5, 0.6) is 5.75 Å². The van der Waals surface area contributed by atoms with Gasteiger partial charge in [0, 0.05) is 32.6 Å². The molecule has 1 aromatic carbocycles. The number of nitrogens with one attached hydrogen (secondary N) is 1. The summed E-state index contributed by atoms with van der Waals surface area (Å²) >= 11 is 0. The van der Waals surface area contributed by atoms with Crippen LogP contribution < -0.4 is 15.0 Å². The number of aryl methyl sites for hydroxylation is 1. The first-order chi connectivity index (χ1) is 12.0. The standard InChI is InChI=1S/C18H23N5O2/c1-12-19-14-9-10-23(11-13(14)17(20-12)22(2)3)18(24)21-15-7-5-6-8-16(15)25-4/h5-8H,9-11H2,1-4H3,(H,21,24). The molecule has 1 aliphatic heterocycles. The number of hydrogen-bond donors (Lipinski definition) is 1. The minimum absolute atomic E-state index is 0.152. The van der Waals surface area contributed by atoms with Gasteiger partial charge >= 0.3 is 6.03 Å². The molecule has 7 heteroatoms. The molecule has 0 atom stereocenters. The number of anilines is 2. The van der Waals surface area contributed by atoms with E-state index < -0.39 is 0 Å². The van der Waals surface area contributed by atoms with Crippen LogP contribution in [0.4, 0.5) is 16.3 Å². The van der Waals surface area contributed by atoms with Crippen LogP contribution in [0.2, 0.25) is 0 Å². The van der Waals surface area contributed by atoms with E-state index in [2.05, 4.69) is 15.3 Å². The van der Waals surface area contributed by atoms with Crippen molar-refractivity contribution in [1.82, 2.24) is 14.9 Å². The van der Waals surface area contributed by atoms with E-state index in [0.717, 1.165) is 29.3 Å². The number of nitrogens with zero attached hydrogens (tertiary/aromatic N) is 4. The molecule has 25 heavy (non-hydrogen) atoms. The zero-order chi connectivity index (χ0) is 18.0. The summed E-state index contributed by atoms with van der Waals surface area (Å²) in [4.78, 5) is 25.5. The van der Waals surface area contributed by atoms with Crippen LogP contribution in [0, 0.1) is 6.92 Å². The third kappa shape index (κ3) is 3.50. The van der Waals surface area contributed by atoms with Gasteiger partial charge in [0.05, 0.1) is 25.0 Å². The molecule has 0 bridgehead atoms. The van der Waals surface area contributed by atoms with Gasteiger partial charge in [-0.25, -0.2) is 14.8 Å². The Morgan fingerprint density at radius 1 is 1.28 bits per heavy atom. The number of carbonyl (C=O) groups is 1. The van der Waals surface area contributed by atoms with E-state index in [0.29, 0.717) is 24.5 Å². The molecule has 0 saturated carbocycles. The van der Waals surface area contributed by atoms with Crippen molar-refractivity contribution in [3.8, 4) is 5.75 Å². The van der Waals surface area contributed by atoms with Crippen molar-refractivity contribution in [2.24, 2.45) is 0 Å². The number of rotatable bonds is 3. The number of aromatic nitrogens is 2. The Balaban J connectivity index is 1.81. The molecule has 0 radical (unpaired) electrons. The molecular weight excluding hydrogens is 318 g/mol. The van der Waals surface area contributed by atoms with Crippen molar-refractivity contribution in [2.75, 3.05) is 38.0 Å². The van der Waals surface area contributed by atoms with Crippen molar-refractivity contribution in [3.05, 3.63) is 41.3 Å². The molecule has 1 N–H and O–H groups in total. The number of benzene rings is 1. The van der Waals surface area contributed by atoms with Crippen LogP contribution in [0.25, 0.3) is 0 Å². The van der Waals surface area contributed by atoms with Crippen LogP contribution in [0.1, 0.15) is 17.1 Å². The van der Waals surface area contributed by atoms with Crippen LogP contribution in [-0.4, -0.2) is 48.6 Å². The number of para-hydroxylation sites is 2. The Hall–Kier alpha value is -2.83. The second-order valence-corrected chi connectivity index (χ2v) is 6.22. The highest BCUT2D eigenvalue weighted by Gasteiger charge is 2.26. The van der Waals surface area contributed by atoms with E-state index in [-0.39, 0.29) is 6.03 Å². The summed E-state index contributed by atoms with van der Waals surface area (Å²) in [7, 11) is 5.50. The maximum absolute atomic E-state index is 12.7. The van der Waals surface area contributed by atoms with Gasteiger partial charge < -0.3 is 19.9 Å². The fourth-order valence-corrected chi connectivity index (χ4v) is 3.00. The molecule has 0 spiro atoms. The predicted molar refractivity (Wildman–Crippen MR) is 97.2 cm³/mol. The number of ether oxygens (including phenoxy) is 1. The average molecular weight is 341 g/mol. The maximum Gasteiger partial charge on any atom is 0.322 e. The van der Waals surface area contributed by atoms with Crippen LogP contribution in [0.3, 0.4) is 0 Å². The van der Waals surface area contributed by atoms with Gasteiger partial charge in [0.25, 0.3) is 0 Å². The lowest BCUT2D eigenvalue weighted by atomic mass is 10.1. The number of carbonyl (C=O) groups excluding carboxylic acids is 1. The molecular formula is C18H23N5O2. The summed E-state index contributed by atoms with van der Waals surface area (Å²) in [5.41, 5.74) is 2.70. The zero-order valence-electron chi connectivity index (χ0n) is 15.0. The summed E-state index contributed by atoms with van der Waals surface area (Å²) in [6, 6.07) is 7.23. The summed E-state index contributed by atoms with van der Waals surface area (Å²) < 4.78 is 5.29. The molecule has 7 nitrogen and oxygen atoms in total. The molecule has 0 saturated heterocycles. The van der Waals surface area contributed by atoms with Crippen LogP contribution in [0.15, 0.2) is 24.3 Å². The first-order valence-electron chi connectivity index (χ1n) is 8.22. The number of urea groups is 1. The van der Waals surface area contributed by atoms with Gasteiger partial charge in [-0.15, -0.1) is 0 Å². The van der Waals surface area contributed by atoms with Gasteiger partial charge in [-0.1, -0.05) is 12.1 Å². The summed E-state index contributed by atoms with van der Waals surface area (Å²) in [6.45, 7) is 3.01. The Bertz CT molecular complexity index is 791. The summed E-state index contributed by atoms with van der Waals surface area (Å²) in [6.07, 6.45) is 0.721. The second-order valence-electron chi connectivity index (χ2n) is 6.22. The fourth-order valence-electron chi connectivity index (χ4n) is 3.00. The Morgan fingerprint density at radius 3 is 2.76 bits per heavy atom. The van der Waals surface area contributed by atoms with E-state index >= 15 is 0 Å². The number of methoxy groups -OCH3 is 1. The van der Waals surface area contributed by atoms with Gasteiger partial charge in [0.1, 0.15) is 17.4 Å². The lowest BCUT2D eigenvalue weighted by Gasteiger charge is -2.31. The van der Waals surface area contributed by atoms with Gasteiger partial charge in [-0.3, -0.25) is 0 Å². The minimum atomic E-state index is -0.152. The van der Waals surface area contributed by atoms with Crippen molar-refractivity contribution < 1.29 is 9.53 Å². The third-order valence-corrected chi connectivity index (χ3v) is 4.21. The van der Waals surface area contributed by atoms with Gasteiger partial charge in [0.15, 0.2) is 0 Å². The van der Waals surface area contributed by atoms with E-state index in [9.17, 15) is 4.79 Å². The van der Waals surface area contributed by atoms with Gasteiger partial charge in [-0.05, 0) is 19.1 Å². The SMILES string of the molecule is COc1ccccc1NC(=O)N1CCc2nc(C)nc(N(C)C)c2C1. The van der Waals surface area contributed by atoms with E-state index in [1.807, 2.05) is 50.2 Å². The smallest absolute Gasteiger partial charge is 0.322 e. The average Bonchev–Trinajstić information content (AvgIpc) is 2.60. The van der Waals surface area contributed by atoms with Crippen LogP contribution >= 0.6 is 0 Å². The second kappa shape index (κ2) is 6.96. The number of fused-ring (bicyclic) bond motifs is 1. The monoisotopic (exact) mass is 341 g/mol. The van der Waals surface area contributed by atoms with Crippen molar-refractivity contribution in [2.45, 2.75) is 19.9 Å². The highest BCUT2D eigenvalue weighted by Crippen LogP contribution is 2.27.